The number of benzene rings is 2. The maximum atomic E-state index is 12.6. The molecule has 0 saturated heterocycles. The maximum Gasteiger partial charge on any atom is 0.266 e. The lowest BCUT2D eigenvalue weighted by atomic mass is 10.2. The van der Waals surface area contributed by atoms with Crippen LogP contribution in [0.2, 0.25) is 0 Å². The summed E-state index contributed by atoms with van der Waals surface area (Å²) in [6.07, 6.45) is 0. The van der Waals surface area contributed by atoms with Crippen molar-refractivity contribution in [1.82, 2.24) is 10.2 Å². The molecule has 0 bridgehead atoms. The molecule has 0 unspecified atom stereocenters. The molecular formula is C20H21N3O4S. The van der Waals surface area contributed by atoms with Gasteiger partial charge in [0.15, 0.2) is 18.1 Å². The predicted octanol–water partition coefficient (Wildman–Crippen LogP) is 3.65. The van der Waals surface area contributed by atoms with E-state index in [9.17, 15) is 4.79 Å². The maximum absolute atomic E-state index is 12.6. The number of para-hydroxylation sites is 1. The lowest BCUT2D eigenvalue weighted by molar-refractivity contribution is -0.120. The lowest BCUT2D eigenvalue weighted by Crippen LogP contribution is -2.34. The first-order valence-corrected chi connectivity index (χ1v) is 9.52. The van der Waals surface area contributed by atoms with Gasteiger partial charge in [0, 0.05) is 12.1 Å². The van der Waals surface area contributed by atoms with E-state index in [-0.39, 0.29) is 12.5 Å². The molecule has 0 aliphatic rings. The van der Waals surface area contributed by atoms with Gasteiger partial charge < -0.3 is 14.2 Å². The van der Waals surface area contributed by atoms with Crippen molar-refractivity contribution in [3.8, 4) is 27.8 Å². The minimum absolute atomic E-state index is 0.0663. The zero-order chi connectivity index (χ0) is 19.9. The summed E-state index contributed by atoms with van der Waals surface area (Å²) in [7, 11) is 3.17. The van der Waals surface area contributed by atoms with Gasteiger partial charge in [-0.05, 0) is 37.3 Å². The number of ether oxygens (including phenoxy) is 3. The number of nitrogens with zero attached hydrogens (tertiary/aromatic N) is 3. The predicted molar refractivity (Wildman–Crippen MR) is 108 cm³/mol. The van der Waals surface area contributed by atoms with Crippen LogP contribution in [-0.2, 0) is 4.79 Å². The molecule has 28 heavy (non-hydrogen) atoms. The fourth-order valence-electron chi connectivity index (χ4n) is 2.57. The van der Waals surface area contributed by atoms with Gasteiger partial charge in [-0.3, -0.25) is 9.69 Å². The number of rotatable bonds is 8. The van der Waals surface area contributed by atoms with E-state index in [1.54, 1.807) is 19.1 Å². The van der Waals surface area contributed by atoms with Crippen LogP contribution >= 0.6 is 11.3 Å². The van der Waals surface area contributed by atoms with E-state index in [0.717, 1.165) is 5.56 Å². The Morgan fingerprint density at radius 3 is 2.46 bits per heavy atom. The molecule has 0 N–H and O–H groups in total. The molecule has 1 aromatic heterocycles. The number of hydrogen-bond acceptors (Lipinski definition) is 7. The minimum atomic E-state index is -0.179. The van der Waals surface area contributed by atoms with Gasteiger partial charge in [0.1, 0.15) is 10.8 Å². The minimum Gasteiger partial charge on any atom is -0.493 e. The van der Waals surface area contributed by atoms with Gasteiger partial charge in [0.05, 0.1) is 14.2 Å². The van der Waals surface area contributed by atoms with Gasteiger partial charge >= 0.3 is 0 Å². The smallest absolute Gasteiger partial charge is 0.266 e. The van der Waals surface area contributed by atoms with E-state index in [0.29, 0.717) is 33.9 Å². The molecule has 3 aromatic rings. The first kappa shape index (κ1) is 19.6. The van der Waals surface area contributed by atoms with Crippen LogP contribution in [0.4, 0.5) is 5.13 Å². The van der Waals surface area contributed by atoms with Crippen molar-refractivity contribution in [2.45, 2.75) is 6.92 Å². The second-order valence-corrected chi connectivity index (χ2v) is 6.66. The molecule has 0 fully saturated rings. The van der Waals surface area contributed by atoms with Gasteiger partial charge in [0.25, 0.3) is 5.91 Å². The molecule has 1 amide bonds. The number of carbonyl (C=O) groups excluding carboxylic acids is 1. The molecule has 1 heterocycles. The number of anilines is 1. The normalized spacial score (nSPS) is 10.4. The third-order valence-electron chi connectivity index (χ3n) is 4.00. The molecule has 0 spiro atoms. The Kier molecular flexibility index (Phi) is 6.44. The zero-order valence-electron chi connectivity index (χ0n) is 15.9. The topological polar surface area (TPSA) is 73.8 Å². The molecule has 8 heteroatoms. The zero-order valence-corrected chi connectivity index (χ0v) is 16.7. The van der Waals surface area contributed by atoms with Gasteiger partial charge in [0.2, 0.25) is 5.13 Å². The molecule has 7 nitrogen and oxygen atoms in total. The van der Waals surface area contributed by atoms with Crippen molar-refractivity contribution in [3.63, 3.8) is 0 Å². The lowest BCUT2D eigenvalue weighted by Gasteiger charge is -2.17. The van der Waals surface area contributed by atoms with E-state index in [1.807, 2.05) is 55.5 Å². The largest absolute Gasteiger partial charge is 0.493 e. The highest BCUT2D eigenvalue weighted by molar-refractivity contribution is 7.18. The number of hydrogen-bond donors (Lipinski definition) is 0. The Bertz CT molecular complexity index is 930. The Hall–Kier alpha value is -3.13. The summed E-state index contributed by atoms with van der Waals surface area (Å²) in [4.78, 5) is 14.1. The first-order valence-electron chi connectivity index (χ1n) is 8.70. The van der Waals surface area contributed by atoms with E-state index in [1.165, 1.54) is 11.3 Å². The van der Waals surface area contributed by atoms with Gasteiger partial charge in [-0.1, -0.05) is 29.5 Å². The van der Waals surface area contributed by atoms with Crippen LogP contribution in [-0.4, -0.2) is 43.5 Å². The summed E-state index contributed by atoms with van der Waals surface area (Å²) in [6, 6.07) is 14.8. The highest BCUT2D eigenvalue weighted by Crippen LogP contribution is 2.35. The monoisotopic (exact) mass is 399 g/mol. The molecule has 0 aliphatic heterocycles. The summed E-state index contributed by atoms with van der Waals surface area (Å²) >= 11 is 1.33. The fourth-order valence-corrected chi connectivity index (χ4v) is 3.49. The van der Waals surface area contributed by atoms with E-state index < -0.39 is 0 Å². The second kappa shape index (κ2) is 9.18. The Balaban J connectivity index is 1.74. The van der Waals surface area contributed by atoms with E-state index in [4.69, 9.17) is 14.2 Å². The summed E-state index contributed by atoms with van der Waals surface area (Å²) in [6.45, 7) is 2.29. The van der Waals surface area contributed by atoms with E-state index >= 15 is 0 Å². The van der Waals surface area contributed by atoms with Crippen molar-refractivity contribution in [1.29, 1.82) is 0 Å². The van der Waals surface area contributed by atoms with Crippen molar-refractivity contribution < 1.29 is 19.0 Å². The van der Waals surface area contributed by atoms with Crippen LogP contribution in [0.15, 0.2) is 48.5 Å². The van der Waals surface area contributed by atoms with Crippen molar-refractivity contribution >= 4 is 22.4 Å². The van der Waals surface area contributed by atoms with Crippen molar-refractivity contribution in [3.05, 3.63) is 48.5 Å². The Morgan fingerprint density at radius 2 is 1.79 bits per heavy atom. The molecule has 3 rings (SSSR count). The standard InChI is InChI=1S/C20H21N3O4S/c1-4-23(18(24)13-27-15-8-6-5-7-9-15)20-22-21-19(28-20)14-10-11-16(25-2)17(12-14)26-3/h5-12H,4,13H2,1-3H3. The molecule has 2 aromatic carbocycles. The van der Waals surface area contributed by atoms with Crippen LogP contribution in [0, 0.1) is 0 Å². The summed E-state index contributed by atoms with van der Waals surface area (Å²) in [5, 5.41) is 9.62. The van der Waals surface area contributed by atoms with Gasteiger partial charge in [-0.25, -0.2) is 0 Å². The SMILES string of the molecule is CCN(C(=O)COc1ccccc1)c1nnc(-c2ccc(OC)c(OC)c2)s1. The molecular weight excluding hydrogens is 378 g/mol. The molecule has 0 aliphatic carbocycles. The highest BCUT2D eigenvalue weighted by Gasteiger charge is 2.20. The number of aromatic nitrogens is 2. The van der Waals surface area contributed by atoms with Gasteiger partial charge in [-0.2, -0.15) is 0 Å². The second-order valence-electron chi connectivity index (χ2n) is 5.70. The Labute approximate surface area is 167 Å². The third kappa shape index (κ3) is 4.40. The third-order valence-corrected chi connectivity index (χ3v) is 4.99. The molecule has 0 radical (unpaired) electrons. The summed E-state index contributed by atoms with van der Waals surface area (Å²) in [5.41, 5.74) is 0.838. The van der Waals surface area contributed by atoms with Crippen molar-refractivity contribution in [2.75, 3.05) is 32.3 Å². The fraction of sp³-hybridized carbons (Fsp3) is 0.250. The quantitative estimate of drug-likeness (QED) is 0.576. The number of likely N-dealkylation sites (N-methyl/N-ethyl adjacent to an activating group) is 1. The molecule has 0 saturated carbocycles. The van der Waals surface area contributed by atoms with Crippen LogP contribution < -0.4 is 19.1 Å². The summed E-state index contributed by atoms with van der Waals surface area (Å²) < 4.78 is 16.1. The van der Waals surface area contributed by atoms with Crippen molar-refractivity contribution in [2.24, 2.45) is 0 Å². The highest BCUT2D eigenvalue weighted by atomic mass is 32.1. The van der Waals surface area contributed by atoms with Crippen LogP contribution in [0.1, 0.15) is 6.92 Å². The molecule has 0 atom stereocenters. The van der Waals surface area contributed by atoms with Gasteiger partial charge in [-0.15, -0.1) is 10.2 Å². The van der Waals surface area contributed by atoms with Crippen LogP contribution in [0.5, 0.6) is 17.2 Å². The average molecular weight is 399 g/mol. The van der Waals surface area contributed by atoms with Crippen LogP contribution in [0.25, 0.3) is 10.6 Å². The summed E-state index contributed by atoms with van der Waals surface area (Å²) in [5.74, 6) is 1.72. The number of methoxy groups -OCH3 is 2. The van der Waals surface area contributed by atoms with E-state index in [2.05, 4.69) is 10.2 Å². The Morgan fingerprint density at radius 1 is 1.04 bits per heavy atom. The first-order chi connectivity index (χ1) is 13.7. The molecule has 146 valence electrons. The van der Waals surface area contributed by atoms with Crippen LogP contribution in [0.3, 0.4) is 0 Å². The number of carbonyl (C=O) groups is 1. The number of amides is 1. The average Bonchev–Trinajstić information content (AvgIpc) is 3.22.